The Labute approximate surface area is 510 Å². The van der Waals surface area contributed by atoms with Gasteiger partial charge in [0.1, 0.15) is 13.2 Å². The molecule has 0 aromatic rings. The Balaban J connectivity index is 4.40. The molecule has 0 heterocycles. The number of carbonyl (C=O) groups excluding carboxylic acids is 3. The Morgan fingerprint density at radius 3 is 0.771 bits per heavy atom. The zero-order chi connectivity index (χ0) is 59.9. The van der Waals surface area contributed by atoms with Gasteiger partial charge in [-0.2, -0.15) is 0 Å². The Bertz CT molecular complexity index is 1940. The van der Waals surface area contributed by atoms with Gasteiger partial charge in [0.25, 0.3) is 0 Å². The van der Waals surface area contributed by atoms with Gasteiger partial charge < -0.3 is 14.2 Å². The molecule has 1 atom stereocenters. The summed E-state index contributed by atoms with van der Waals surface area (Å²) in [7, 11) is 0. The number of unbranched alkanes of at least 4 members (excludes halogenated alkanes) is 17. The van der Waals surface area contributed by atoms with Crippen molar-refractivity contribution in [1.82, 2.24) is 0 Å². The third-order valence-corrected chi connectivity index (χ3v) is 13.4. The van der Waals surface area contributed by atoms with E-state index in [0.29, 0.717) is 19.3 Å². The second-order valence-electron chi connectivity index (χ2n) is 21.3. The van der Waals surface area contributed by atoms with Crippen molar-refractivity contribution in [2.45, 2.75) is 271 Å². The normalized spacial score (nSPS) is 13.3. The number of allylic oxidation sites excluding steroid dienone is 30. The van der Waals surface area contributed by atoms with Crippen LogP contribution in [0.1, 0.15) is 265 Å². The van der Waals surface area contributed by atoms with Gasteiger partial charge in [0.05, 0.1) is 0 Å². The lowest BCUT2D eigenvalue weighted by molar-refractivity contribution is -0.167. The summed E-state index contributed by atoms with van der Waals surface area (Å²) >= 11 is 0. The monoisotopic (exact) mass is 1140 g/mol. The quantitative estimate of drug-likeness (QED) is 0.0261. The Morgan fingerprint density at radius 2 is 0.482 bits per heavy atom. The lowest BCUT2D eigenvalue weighted by Gasteiger charge is -2.18. The van der Waals surface area contributed by atoms with Gasteiger partial charge in [0.2, 0.25) is 0 Å². The molecule has 0 spiro atoms. The second-order valence-corrected chi connectivity index (χ2v) is 21.3. The van der Waals surface area contributed by atoms with Crippen molar-refractivity contribution in [3.8, 4) is 0 Å². The molecular weight excluding hydrogens is 1020 g/mol. The van der Waals surface area contributed by atoms with Crippen LogP contribution in [0.3, 0.4) is 0 Å². The zero-order valence-electron chi connectivity index (χ0n) is 53.1. The maximum absolute atomic E-state index is 12.9. The smallest absolute Gasteiger partial charge is 0.306 e. The third kappa shape index (κ3) is 67.2. The SMILES string of the molecule is CC/C=C\C/C=C\C/C=C\C/C=C\C/C=C\C/C=C\C/C=C\C/C=C\CCCCCCCCCCC(=O)OCC(COC(=O)CCCCCCC/C=C\C/C=C\CCCCC)OC(=O)CCC/C=C\C/C=C\C/C=C\C/C=C\C/C=C\CC. The molecular formula is C77H120O6. The van der Waals surface area contributed by atoms with Crippen molar-refractivity contribution in [2.24, 2.45) is 0 Å². The van der Waals surface area contributed by atoms with Crippen LogP contribution in [-0.2, 0) is 28.6 Å². The molecule has 0 aliphatic heterocycles. The molecule has 0 aromatic carbocycles. The fraction of sp³-hybridized carbons (Fsp3) is 0.571. The minimum absolute atomic E-state index is 0.118. The highest BCUT2D eigenvalue weighted by molar-refractivity contribution is 5.71. The summed E-state index contributed by atoms with van der Waals surface area (Å²) in [4.78, 5) is 38.3. The van der Waals surface area contributed by atoms with Crippen LogP contribution >= 0.6 is 0 Å². The highest BCUT2D eigenvalue weighted by Crippen LogP contribution is 2.14. The van der Waals surface area contributed by atoms with Gasteiger partial charge in [-0.3, -0.25) is 14.4 Å². The summed E-state index contributed by atoms with van der Waals surface area (Å²) in [5.74, 6) is -1.00. The number of hydrogen-bond acceptors (Lipinski definition) is 6. The van der Waals surface area contributed by atoms with Gasteiger partial charge in [-0.15, -0.1) is 0 Å². The summed E-state index contributed by atoms with van der Waals surface area (Å²) in [5.41, 5.74) is 0. The molecule has 0 fully saturated rings. The topological polar surface area (TPSA) is 78.9 Å². The van der Waals surface area contributed by atoms with Gasteiger partial charge in [-0.25, -0.2) is 0 Å². The number of carbonyl (C=O) groups is 3. The van der Waals surface area contributed by atoms with E-state index in [2.05, 4.69) is 203 Å². The first-order chi connectivity index (χ1) is 41.0. The third-order valence-electron chi connectivity index (χ3n) is 13.4. The van der Waals surface area contributed by atoms with Crippen LogP contribution in [0, 0.1) is 0 Å². The molecule has 0 saturated carbocycles. The molecule has 0 bridgehead atoms. The van der Waals surface area contributed by atoms with Crippen LogP contribution in [0.25, 0.3) is 0 Å². The predicted molar refractivity (Wildman–Crippen MR) is 361 cm³/mol. The van der Waals surface area contributed by atoms with E-state index in [-0.39, 0.29) is 37.5 Å². The fourth-order valence-corrected chi connectivity index (χ4v) is 8.46. The maximum Gasteiger partial charge on any atom is 0.306 e. The minimum atomic E-state index is -0.828. The zero-order valence-corrected chi connectivity index (χ0v) is 53.1. The second kappa shape index (κ2) is 69.0. The number of ether oxygens (including phenoxy) is 3. The van der Waals surface area contributed by atoms with Crippen molar-refractivity contribution in [1.29, 1.82) is 0 Å². The highest BCUT2D eigenvalue weighted by atomic mass is 16.6. The molecule has 0 aliphatic carbocycles. The van der Waals surface area contributed by atoms with Crippen LogP contribution in [0.5, 0.6) is 0 Å². The molecule has 0 amide bonds. The number of esters is 3. The summed E-state index contributed by atoms with van der Waals surface area (Å²) in [5, 5.41) is 0. The molecule has 0 saturated heterocycles. The first-order valence-electron chi connectivity index (χ1n) is 33.3. The number of rotatable bonds is 58. The number of hydrogen-bond donors (Lipinski definition) is 0. The molecule has 0 N–H and O–H groups in total. The average molecular weight is 1140 g/mol. The standard InChI is InChI=1S/C77H120O6/c1-4-7-10-13-16-19-22-25-28-30-31-32-33-34-35-36-37-38-39-40-41-42-43-44-45-47-49-52-55-58-61-64-67-70-76(79)82-73-74(72-81-75(78)69-66-63-60-57-54-51-48-27-24-21-18-15-12-9-6-3)83-77(80)71-68-65-62-59-56-53-50-46-29-26-23-20-17-14-11-8-5-2/h7-8,10-11,16-21,25-29,31-32,34-35,37-38,40-41,43-44,48,50,53,59,62,74H,4-6,9,12-15,22-24,30,33,36,39,42,45-47,49,51-52,54-58,60-61,63-73H2,1-3H3/b10-7-,11-8-,19-16-,20-17-,21-18-,28-25-,29-26-,32-31-,35-34-,38-37-,41-40-,44-43-,48-27-,53-50-,62-59-. The van der Waals surface area contributed by atoms with Crippen LogP contribution in [0.15, 0.2) is 182 Å². The van der Waals surface area contributed by atoms with E-state index in [4.69, 9.17) is 14.2 Å². The lowest BCUT2D eigenvalue weighted by atomic mass is 10.1. The average Bonchev–Trinajstić information content (AvgIpc) is 3.49. The van der Waals surface area contributed by atoms with Gasteiger partial charge >= 0.3 is 17.9 Å². The van der Waals surface area contributed by atoms with Gasteiger partial charge in [0.15, 0.2) is 6.10 Å². The van der Waals surface area contributed by atoms with Crippen LogP contribution in [0.4, 0.5) is 0 Å². The summed E-state index contributed by atoms with van der Waals surface area (Å²) in [6.07, 6.45) is 103. The molecule has 0 radical (unpaired) electrons. The fourth-order valence-electron chi connectivity index (χ4n) is 8.46. The van der Waals surface area contributed by atoms with Gasteiger partial charge in [-0.1, -0.05) is 274 Å². The molecule has 464 valence electrons. The molecule has 0 aliphatic rings. The Hall–Kier alpha value is -5.49. The molecule has 0 aromatic heterocycles. The summed E-state index contributed by atoms with van der Waals surface area (Å²) in [6.45, 7) is 6.31. The van der Waals surface area contributed by atoms with E-state index in [9.17, 15) is 14.4 Å². The molecule has 83 heavy (non-hydrogen) atoms. The van der Waals surface area contributed by atoms with Crippen LogP contribution in [0.2, 0.25) is 0 Å². The maximum atomic E-state index is 12.9. The minimum Gasteiger partial charge on any atom is -0.462 e. The first kappa shape index (κ1) is 77.5. The van der Waals surface area contributed by atoms with E-state index in [1.165, 1.54) is 57.8 Å². The predicted octanol–water partition coefficient (Wildman–Crippen LogP) is 23.2. The van der Waals surface area contributed by atoms with Gasteiger partial charge in [-0.05, 0) is 154 Å². The molecule has 6 nitrogen and oxygen atoms in total. The van der Waals surface area contributed by atoms with E-state index < -0.39 is 6.10 Å². The van der Waals surface area contributed by atoms with Crippen molar-refractivity contribution in [2.75, 3.05) is 13.2 Å². The first-order valence-corrected chi connectivity index (χ1v) is 33.3. The van der Waals surface area contributed by atoms with Crippen molar-refractivity contribution in [3.63, 3.8) is 0 Å². The Morgan fingerprint density at radius 1 is 0.253 bits per heavy atom. The van der Waals surface area contributed by atoms with E-state index in [0.717, 1.165) is 161 Å². The molecule has 0 rings (SSSR count). The van der Waals surface area contributed by atoms with Gasteiger partial charge in [0, 0.05) is 19.3 Å². The van der Waals surface area contributed by atoms with E-state index in [1.807, 2.05) is 0 Å². The van der Waals surface area contributed by atoms with Crippen LogP contribution in [-0.4, -0.2) is 37.2 Å². The van der Waals surface area contributed by atoms with E-state index >= 15 is 0 Å². The largest absolute Gasteiger partial charge is 0.462 e. The highest BCUT2D eigenvalue weighted by Gasteiger charge is 2.19. The molecule has 6 heteroatoms. The lowest BCUT2D eigenvalue weighted by Crippen LogP contribution is -2.30. The van der Waals surface area contributed by atoms with Crippen molar-refractivity contribution >= 4 is 17.9 Å². The molecule has 1 unspecified atom stereocenters. The summed E-state index contributed by atoms with van der Waals surface area (Å²) < 4.78 is 16.9. The summed E-state index contributed by atoms with van der Waals surface area (Å²) in [6, 6.07) is 0. The van der Waals surface area contributed by atoms with Crippen molar-refractivity contribution < 1.29 is 28.6 Å². The van der Waals surface area contributed by atoms with Crippen LogP contribution < -0.4 is 0 Å². The van der Waals surface area contributed by atoms with E-state index in [1.54, 1.807) is 0 Å². The Kier molecular flexibility index (Phi) is 64.4. The van der Waals surface area contributed by atoms with Crippen molar-refractivity contribution in [3.05, 3.63) is 182 Å².